The highest BCUT2D eigenvalue weighted by atomic mass is 16.6. The first-order valence-corrected chi connectivity index (χ1v) is 10.5. The smallest absolute Gasteiger partial charge is 0.353 e. The minimum absolute atomic E-state index is 0.00824. The molecule has 170 valence electrons. The van der Waals surface area contributed by atoms with Crippen molar-refractivity contribution >= 4 is 34.8 Å². The molecule has 33 heavy (non-hydrogen) atoms. The molecule has 3 heterocycles. The van der Waals surface area contributed by atoms with Gasteiger partial charge in [-0.25, -0.2) is 19.7 Å². The molecule has 0 spiro atoms. The largest absolute Gasteiger partial charge is 0.462 e. The standard InChI is InChI=1S/C22H23N7O4/c1-2-33-22(30)16-7-3-4-8-17(16)26-20-19(29(31)32)21(25-15-24-20)28-13-11-27(12-14-28)18-9-5-6-10-23-18/h3-10,15H,2,11-14H2,1H3,(H,24,25,26). The van der Waals surface area contributed by atoms with Crippen molar-refractivity contribution in [1.29, 1.82) is 0 Å². The van der Waals surface area contributed by atoms with Gasteiger partial charge in [0.15, 0.2) is 0 Å². The summed E-state index contributed by atoms with van der Waals surface area (Å²) in [5, 5.41) is 15.0. The van der Waals surface area contributed by atoms with Gasteiger partial charge >= 0.3 is 11.7 Å². The highest BCUT2D eigenvalue weighted by Crippen LogP contribution is 2.35. The zero-order chi connectivity index (χ0) is 23.2. The fourth-order valence-electron chi connectivity index (χ4n) is 3.66. The lowest BCUT2D eigenvalue weighted by molar-refractivity contribution is -0.383. The van der Waals surface area contributed by atoms with E-state index in [1.54, 1.807) is 37.4 Å². The molecule has 1 aliphatic rings. The minimum atomic E-state index is -0.525. The molecule has 0 saturated carbocycles. The number of piperazine rings is 1. The van der Waals surface area contributed by atoms with Gasteiger partial charge in [0.1, 0.15) is 12.1 Å². The fraction of sp³-hybridized carbons (Fsp3) is 0.273. The van der Waals surface area contributed by atoms with Crippen LogP contribution in [0.3, 0.4) is 0 Å². The molecule has 0 unspecified atom stereocenters. The second-order valence-electron chi connectivity index (χ2n) is 7.20. The number of nitrogens with one attached hydrogen (secondary N) is 1. The van der Waals surface area contributed by atoms with Crippen LogP contribution in [-0.2, 0) is 4.74 Å². The maximum absolute atomic E-state index is 12.3. The number of anilines is 4. The van der Waals surface area contributed by atoms with Crippen LogP contribution in [0.25, 0.3) is 0 Å². The Morgan fingerprint density at radius 2 is 1.79 bits per heavy atom. The average molecular weight is 449 g/mol. The van der Waals surface area contributed by atoms with Crippen LogP contribution in [0, 0.1) is 10.1 Å². The third-order valence-electron chi connectivity index (χ3n) is 5.21. The Bertz CT molecular complexity index is 1130. The zero-order valence-corrected chi connectivity index (χ0v) is 18.0. The molecule has 0 bridgehead atoms. The van der Waals surface area contributed by atoms with Gasteiger partial charge < -0.3 is 19.9 Å². The number of hydrogen-bond donors (Lipinski definition) is 1. The Balaban J connectivity index is 1.59. The number of nitro groups is 1. The van der Waals surface area contributed by atoms with Crippen molar-refractivity contribution < 1.29 is 14.5 Å². The summed E-state index contributed by atoms with van der Waals surface area (Å²) >= 11 is 0. The molecule has 1 saturated heterocycles. The number of nitrogens with zero attached hydrogens (tertiary/aromatic N) is 6. The average Bonchev–Trinajstić information content (AvgIpc) is 2.85. The van der Waals surface area contributed by atoms with Gasteiger partial charge in [0.05, 0.1) is 22.8 Å². The Morgan fingerprint density at radius 1 is 1.06 bits per heavy atom. The first kappa shape index (κ1) is 21.9. The van der Waals surface area contributed by atoms with E-state index in [2.05, 4.69) is 25.2 Å². The lowest BCUT2D eigenvalue weighted by Crippen LogP contribution is -2.47. The quantitative estimate of drug-likeness (QED) is 0.327. The third kappa shape index (κ3) is 4.81. The van der Waals surface area contributed by atoms with Gasteiger partial charge in [-0.05, 0) is 31.2 Å². The van der Waals surface area contributed by atoms with Crippen molar-refractivity contribution in [3.05, 3.63) is 70.7 Å². The van der Waals surface area contributed by atoms with Gasteiger partial charge in [0.25, 0.3) is 0 Å². The SMILES string of the molecule is CCOC(=O)c1ccccc1Nc1ncnc(N2CCN(c3ccccn3)CC2)c1[N+](=O)[O-]. The Hall–Kier alpha value is -4.28. The number of benzene rings is 1. The van der Waals surface area contributed by atoms with Crippen LogP contribution >= 0.6 is 0 Å². The van der Waals surface area contributed by atoms with E-state index in [9.17, 15) is 14.9 Å². The lowest BCUT2D eigenvalue weighted by atomic mass is 10.1. The summed E-state index contributed by atoms with van der Waals surface area (Å²) < 4.78 is 5.09. The van der Waals surface area contributed by atoms with Gasteiger partial charge in [0, 0.05) is 32.4 Å². The summed E-state index contributed by atoms with van der Waals surface area (Å²) in [6.07, 6.45) is 3.02. The fourth-order valence-corrected chi connectivity index (χ4v) is 3.66. The molecular weight excluding hydrogens is 426 g/mol. The van der Waals surface area contributed by atoms with Crippen molar-refractivity contribution in [2.45, 2.75) is 6.92 Å². The summed E-state index contributed by atoms with van der Waals surface area (Å²) in [6.45, 7) is 4.29. The van der Waals surface area contributed by atoms with Crippen LogP contribution in [0.15, 0.2) is 55.0 Å². The molecule has 2 aromatic heterocycles. The summed E-state index contributed by atoms with van der Waals surface area (Å²) in [5.41, 5.74) is 0.379. The summed E-state index contributed by atoms with van der Waals surface area (Å²) in [7, 11) is 0. The number of rotatable bonds is 7. The number of para-hydroxylation sites is 1. The number of esters is 1. The topological polar surface area (TPSA) is 127 Å². The number of carbonyl (C=O) groups is 1. The number of ether oxygens (including phenoxy) is 1. The molecule has 1 fully saturated rings. The van der Waals surface area contributed by atoms with Crippen molar-refractivity contribution in [1.82, 2.24) is 15.0 Å². The van der Waals surface area contributed by atoms with Crippen LogP contribution in [0.4, 0.5) is 28.8 Å². The molecule has 11 nitrogen and oxygen atoms in total. The molecule has 0 radical (unpaired) electrons. The second kappa shape index (κ2) is 9.90. The van der Waals surface area contributed by atoms with E-state index in [-0.39, 0.29) is 29.5 Å². The number of carbonyl (C=O) groups excluding carboxylic acids is 1. The Morgan fingerprint density at radius 3 is 2.48 bits per heavy atom. The highest BCUT2D eigenvalue weighted by Gasteiger charge is 2.30. The van der Waals surface area contributed by atoms with Crippen LogP contribution in [-0.4, -0.2) is 58.6 Å². The lowest BCUT2D eigenvalue weighted by Gasteiger charge is -2.35. The molecule has 4 rings (SSSR count). The van der Waals surface area contributed by atoms with E-state index >= 15 is 0 Å². The van der Waals surface area contributed by atoms with E-state index < -0.39 is 10.9 Å². The van der Waals surface area contributed by atoms with Crippen LogP contribution < -0.4 is 15.1 Å². The van der Waals surface area contributed by atoms with Crippen molar-refractivity contribution in [2.75, 3.05) is 47.9 Å². The predicted molar refractivity (Wildman–Crippen MR) is 123 cm³/mol. The molecule has 1 N–H and O–H groups in total. The summed E-state index contributed by atoms with van der Waals surface area (Å²) in [6, 6.07) is 12.4. The first-order chi connectivity index (χ1) is 16.1. The van der Waals surface area contributed by atoms with E-state index in [1.165, 1.54) is 6.33 Å². The number of pyridine rings is 1. The van der Waals surface area contributed by atoms with E-state index in [1.807, 2.05) is 23.1 Å². The van der Waals surface area contributed by atoms with Gasteiger partial charge in [-0.3, -0.25) is 10.1 Å². The van der Waals surface area contributed by atoms with E-state index in [0.29, 0.717) is 31.9 Å². The summed E-state index contributed by atoms with van der Waals surface area (Å²) in [5.74, 6) is 0.580. The Kier molecular flexibility index (Phi) is 6.58. The number of aromatic nitrogens is 3. The molecule has 0 aliphatic carbocycles. The van der Waals surface area contributed by atoms with Crippen molar-refractivity contribution in [3.8, 4) is 0 Å². The maximum Gasteiger partial charge on any atom is 0.353 e. The first-order valence-electron chi connectivity index (χ1n) is 10.5. The number of hydrogen-bond acceptors (Lipinski definition) is 10. The van der Waals surface area contributed by atoms with Crippen LogP contribution in [0.5, 0.6) is 0 Å². The van der Waals surface area contributed by atoms with Crippen molar-refractivity contribution in [3.63, 3.8) is 0 Å². The molecular formula is C22H23N7O4. The predicted octanol–water partition coefficient (Wildman–Crippen LogP) is 3.03. The van der Waals surface area contributed by atoms with E-state index in [4.69, 9.17) is 4.74 Å². The minimum Gasteiger partial charge on any atom is -0.462 e. The third-order valence-corrected chi connectivity index (χ3v) is 5.21. The van der Waals surface area contributed by atoms with Gasteiger partial charge in [-0.1, -0.05) is 18.2 Å². The van der Waals surface area contributed by atoms with Gasteiger partial charge in [-0.2, -0.15) is 0 Å². The van der Waals surface area contributed by atoms with Gasteiger partial charge in [-0.15, -0.1) is 0 Å². The molecule has 1 aliphatic heterocycles. The molecule has 11 heteroatoms. The van der Waals surface area contributed by atoms with Gasteiger partial charge in [0.2, 0.25) is 11.6 Å². The molecule has 0 atom stereocenters. The monoisotopic (exact) mass is 449 g/mol. The highest BCUT2D eigenvalue weighted by molar-refractivity contribution is 5.96. The van der Waals surface area contributed by atoms with Crippen LogP contribution in [0.1, 0.15) is 17.3 Å². The van der Waals surface area contributed by atoms with Crippen molar-refractivity contribution in [2.24, 2.45) is 0 Å². The van der Waals surface area contributed by atoms with E-state index in [0.717, 1.165) is 5.82 Å². The molecule has 3 aromatic rings. The normalized spacial score (nSPS) is 13.5. The molecule has 1 aromatic carbocycles. The zero-order valence-electron chi connectivity index (χ0n) is 18.0. The molecule has 0 amide bonds. The summed E-state index contributed by atoms with van der Waals surface area (Å²) in [4.78, 5) is 40.5. The maximum atomic E-state index is 12.3. The van der Waals surface area contributed by atoms with Crippen LogP contribution in [0.2, 0.25) is 0 Å². The second-order valence-corrected chi connectivity index (χ2v) is 7.20. The Labute approximate surface area is 190 Å².